The molecule has 5 N–H and O–H groups in total. The maximum atomic E-state index is 11.9. The first-order valence-corrected chi connectivity index (χ1v) is 8.49. The third kappa shape index (κ3) is 6.80. The first-order chi connectivity index (χ1) is 13.5. The maximum absolute atomic E-state index is 11.9. The van der Waals surface area contributed by atoms with Gasteiger partial charge in [0, 0.05) is 23.5 Å². The summed E-state index contributed by atoms with van der Waals surface area (Å²) >= 11 is 0. The number of amides is 2. The quantitative estimate of drug-likeness (QED) is 0.600. The van der Waals surface area contributed by atoms with Gasteiger partial charge >= 0.3 is 6.09 Å². The number of aryl methyl sites for hydroxylation is 1. The van der Waals surface area contributed by atoms with E-state index < -0.39 is 6.09 Å². The Labute approximate surface area is 163 Å². The Hall–Kier alpha value is -3.87. The first kappa shape index (κ1) is 20.4. The van der Waals surface area contributed by atoms with E-state index in [9.17, 15) is 9.59 Å². The number of ether oxygens (including phenoxy) is 1. The van der Waals surface area contributed by atoms with Crippen molar-refractivity contribution >= 4 is 23.4 Å². The van der Waals surface area contributed by atoms with Crippen molar-refractivity contribution < 1.29 is 14.3 Å². The number of benzene rings is 2. The summed E-state index contributed by atoms with van der Waals surface area (Å²) in [5.41, 5.74) is 14.3. The van der Waals surface area contributed by atoms with Gasteiger partial charge in [0.05, 0.1) is 11.4 Å². The van der Waals surface area contributed by atoms with Crippen molar-refractivity contribution in [3.05, 3.63) is 89.7 Å². The number of aromatic nitrogens is 1. The van der Waals surface area contributed by atoms with Crippen molar-refractivity contribution in [2.75, 3.05) is 11.1 Å². The Bertz CT molecular complexity index is 912. The Kier molecular flexibility index (Phi) is 7.53. The molecule has 7 heteroatoms. The summed E-state index contributed by atoms with van der Waals surface area (Å²) in [6.07, 6.45) is 2.49. The third-order valence-electron chi connectivity index (χ3n) is 3.63. The van der Waals surface area contributed by atoms with Crippen LogP contribution in [0.15, 0.2) is 73.1 Å². The molecule has 7 nitrogen and oxygen atoms in total. The zero-order chi connectivity index (χ0) is 20.4. The van der Waals surface area contributed by atoms with Gasteiger partial charge in [-0.1, -0.05) is 35.9 Å². The number of carbonyl (C=O) groups excluding carboxylic acids is 2. The van der Waals surface area contributed by atoms with Crippen molar-refractivity contribution in [2.24, 2.45) is 5.73 Å². The molecule has 1 aromatic heterocycles. The molecule has 144 valence electrons. The fourth-order valence-corrected chi connectivity index (χ4v) is 2.15. The Balaban J connectivity index is 0.000000221. The van der Waals surface area contributed by atoms with Crippen LogP contribution in [0.4, 0.5) is 16.2 Å². The van der Waals surface area contributed by atoms with Crippen LogP contribution in [0, 0.1) is 6.92 Å². The standard InChI is InChI=1S/C14H14N2O.C7H8N2O2/c1-10-6-8-11(9-7-10)14(17)16-13-5-3-2-4-12(13)15;8-7(10)11-5-6-2-1-3-9-4-6/h2-9H,15H2,1H3,(H,16,17);1-4H,5H2,(H2,8,10). The molecule has 0 bridgehead atoms. The molecule has 28 heavy (non-hydrogen) atoms. The minimum absolute atomic E-state index is 0.150. The van der Waals surface area contributed by atoms with E-state index in [1.54, 1.807) is 48.8 Å². The molecule has 1 heterocycles. The minimum atomic E-state index is -0.770. The highest BCUT2D eigenvalue weighted by Gasteiger charge is 2.06. The number of rotatable bonds is 4. The number of primary amides is 1. The van der Waals surface area contributed by atoms with Crippen LogP contribution < -0.4 is 16.8 Å². The second-order valence-electron chi connectivity index (χ2n) is 5.88. The van der Waals surface area contributed by atoms with Gasteiger partial charge in [-0.15, -0.1) is 0 Å². The maximum Gasteiger partial charge on any atom is 0.404 e. The molecule has 2 aromatic carbocycles. The van der Waals surface area contributed by atoms with Crippen LogP contribution in [0.25, 0.3) is 0 Å². The van der Waals surface area contributed by atoms with E-state index in [0.29, 0.717) is 16.9 Å². The second kappa shape index (κ2) is 10.3. The van der Waals surface area contributed by atoms with Gasteiger partial charge in [0.25, 0.3) is 5.91 Å². The first-order valence-electron chi connectivity index (χ1n) is 8.49. The smallest absolute Gasteiger partial charge is 0.404 e. The van der Waals surface area contributed by atoms with Gasteiger partial charge in [-0.2, -0.15) is 0 Å². The molecule has 0 saturated heterocycles. The number of carbonyl (C=O) groups is 2. The van der Waals surface area contributed by atoms with Gasteiger partial charge in [-0.3, -0.25) is 9.78 Å². The summed E-state index contributed by atoms with van der Waals surface area (Å²) < 4.78 is 4.53. The van der Waals surface area contributed by atoms with Gasteiger partial charge < -0.3 is 21.5 Å². The van der Waals surface area contributed by atoms with Crippen molar-refractivity contribution in [1.82, 2.24) is 4.98 Å². The number of nitrogens with one attached hydrogen (secondary N) is 1. The molecule has 0 radical (unpaired) electrons. The summed E-state index contributed by atoms with van der Waals surface area (Å²) in [4.78, 5) is 25.9. The number of pyridine rings is 1. The van der Waals surface area contributed by atoms with Crippen molar-refractivity contribution in [2.45, 2.75) is 13.5 Å². The molecule has 0 atom stereocenters. The van der Waals surface area contributed by atoms with Crippen molar-refractivity contribution in [1.29, 1.82) is 0 Å². The lowest BCUT2D eigenvalue weighted by atomic mass is 10.1. The van der Waals surface area contributed by atoms with E-state index in [0.717, 1.165) is 11.1 Å². The largest absolute Gasteiger partial charge is 0.445 e. The molecule has 0 saturated carbocycles. The fourth-order valence-electron chi connectivity index (χ4n) is 2.15. The molecule has 2 amide bonds. The third-order valence-corrected chi connectivity index (χ3v) is 3.63. The molecular formula is C21H22N4O3. The number of para-hydroxylation sites is 2. The predicted molar refractivity (Wildman–Crippen MR) is 109 cm³/mol. The Morgan fingerprint density at radius 2 is 1.75 bits per heavy atom. The van der Waals surface area contributed by atoms with Crippen LogP contribution >= 0.6 is 0 Å². The van der Waals surface area contributed by atoms with Gasteiger partial charge in [-0.25, -0.2) is 4.79 Å². The SMILES string of the molecule is Cc1ccc(C(=O)Nc2ccccc2N)cc1.NC(=O)OCc1cccnc1. The second-order valence-corrected chi connectivity index (χ2v) is 5.88. The molecule has 0 aliphatic carbocycles. The number of nitrogen functional groups attached to an aromatic ring is 1. The monoisotopic (exact) mass is 378 g/mol. The van der Waals surface area contributed by atoms with Gasteiger partial charge in [0.15, 0.2) is 0 Å². The van der Waals surface area contributed by atoms with Crippen LogP contribution in [-0.2, 0) is 11.3 Å². The summed E-state index contributed by atoms with van der Waals surface area (Å²) in [5, 5.41) is 2.78. The molecule has 0 aliphatic rings. The van der Waals surface area contributed by atoms with E-state index in [1.807, 2.05) is 31.2 Å². The lowest BCUT2D eigenvalue weighted by molar-refractivity contribution is 0.102. The molecular weight excluding hydrogens is 356 g/mol. The van der Waals surface area contributed by atoms with Crippen LogP contribution in [0.3, 0.4) is 0 Å². The highest BCUT2D eigenvalue weighted by atomic mass is 16.5. The minimum Gasteiger partial charge on any atom is -0.445 e. The molecule has 3 aromatic rings. The van der Waals surface area contributed by atoms with Gasteiger partial charge in [-0.05, 0) is 37.3 Å². The zero-order valence-electron chi connectivity index (χ0n) is 15.5. The summed E-state index contributed by atoms with van der Waals surface area (Å²) in [7, 11) is 0. The van der Waals surface area contributed by atoms with E-state index in [1.165, 1.54) is 0 Å². The Morgan fingerprint density at radius 1 is 1.04 bits per heavy atom. The number of hydrogen-bond donors (Lipinski definition) is 3. The number of hydrogen-bond acceptors (Lipinski definition) is 5. The van der Waals surface area contributed by atoms with E-state index in [-0.39, 0.29) is 12.5 Å². The molecule has 0 fully saturated rings. The van der Waals surface area contributed by atoms with Gasteiger partial charge in [0.1, 0.15) is 6.61 Å². The average Bonchev–Trinajstić information content (AvgIpc) is 2.70. The van der Waals surface area contributed by atoms with Crippen molar-refractivity contribution in [3.8, 4) is 0 Å². The van der Waals surface area contributed by atoms with E-state index in [4.69, 9.17) is 11.5 Å². The predicted octanol–water partition coefficient (Wildman–Crippen LogP) is 3.51. The van der Waals surface area contributed by atoms with Crippen LogP contribution in [-0.4, -0.2) is 17.0 Å². The fraction of sp³-hybridized carbons (Fsp3) is 0.0952. The topological polar surface area (TPSA) is 120 Å². The molecule has 0 aliphatic heterocycles. The van der Waals surface area contributed by atoms with Crippen LogP contribution in [0.5, 0.6) is 0 Å². The number of anilines is 2. The highest BCUT2D eigenvalue weighted by molar-refractivity contribution is 6.05. The Morgan fingerprint density at radius 3 is 2.36 bits per heavy atom. The molecule has 0 spiro atoms. The lowest BCUT2D eigenvalue weighted by Crippen LogP contribution is -2.12. The van der Waals surface area contributed by atoms with Gasteiger partial charge in [0.2, 0.25) is 0 Å². The molecule has 3 rings (SSSR count). The summed E-state index contributed by atoms with van der Waals surface area (Å²) in [6.45, 7) is 2.17. The lowest BCUT2D eigenvalue weighted by Gasteiger charge is -2.07. The van der Waals surface area contributed by atoms with E-state index >= 15 is 0 Å². The highest BCUT2D eigenvalue weighted by Crippen LogP contribution is 2.17. The zero-order valence-corrected chi connectivity index (χ0v) is 15.5. The number of nitrogens with two attached hydrogens (primary N) is 2. The summed E-state index contributed by atoms with van der Waals surface area (Å²) in [6, 6.07) is 18.2. The van der Waals surface area contributed by atoms with Crippen molar-refractivity contribution in [3.63, 3.8) is 0 Å². The van der Waals surface area contributed by atoms with Crippen LogP contribution in [0.1, 0.15) is 21.5 Å². The normalized spacial score (nSPS) is 9.61. The van der Waals surface area contributed by atoms with Crippen LogP contribution in [0.2, 0.25) is 0 Å². The number of nitrogens with zero attached hydrogens (tertiary/aromatic N) is 1. The summed E-state index contributed by atoms with van der Waals surface area (Å²) in [5.74, 6) is -0.150. The molecule has 0 unspecified atom stereocenters. The average molecular weight is 378 g/mol. The van der Waals surface area contributed by atoms with E-state index in [2.05, 4.69) is 15.0 Å².